The summed E-state index contributed by atoms with van der Waals surface area (Å²) in [5, 5.41) is 10.1. The Hall–Kier alpha value is -1.71. The van der Waals surface area contributed by atoms with Gasteiger partial charge in [-0.3, -0.25) is 0 Å². The van der Waals surface area contributed by atoms with Crippen molar-refractivity contribution in [2.24, 2.45) is 0 Å². The van der Waals surface area contributed by atoms with E-state index in [-0.39, 0.29) is 11.9 Å². The number of benzene rings is 2. The van der Waals surface area contributed by atoms with Crippen molar-refractivity contribution < 1.29 is 14.2 Å². The molecule has 0 aliphatic carbocycles. The van der Waals surface area contributed by atoms with Gasteiger partial charge in [-0.05, 0) is 43.0 Å². The third-order valence-electron chi connectivity index (χ3n) is 3.37. The van der Waals surface area contributed by atoms with E-state index >= 15 is 0 Å². The van der Waals surface area contributed by atoms with Crippen molar-refractivity contribution in [1.82, 2.24) is 0 Å². The van der Waals surface area contributed by atoms with Crippen molar-refractivity contribution in [3.05, 3.63) is 71.5 Å². The minimum absolute atomic E-state index is 0.0272. The van der Waals surface area contributed by atoms with Crippen LogP contribution in [0.5, 0.6) is 0 Å². The highest BCUT2D eigenvalue weighted by atomic mass is 19.1. The molecular weight excluding hydrogens is 267 g/mol. The Balaban J connectivity index is 1.74. The molecule has 21 heavy (non-hydrogen) atoms. The zero-order valence-electron chi connectivity index (χ0n) is 12.2. The van der Waals surface area contributed by atoms with Gasteiger partial charge in [-0.15, -0.1) is 0 Å². The van der Waals surface area contributed by atoms with Gasteiger partial charge in [-0.2, -0.15) is 0 Å². The van der Waals surface area contributed by atoms with Crippen molar-refractivity contribution in [3.63, 3.8) is 0 Å². The average Bonchev–Trinajstić information content (AvgIpc) is 2.48. The van der Waals surface area contributed by atoms with E-state index in [0.717, 1.165) is 11.1 Å². The van der Waals surface area contributed by atoms with Gasteiger partial charge in [0, 0.05) is 0 Å². The lowest BCUT2D eigenvalue weighted by Gasteiger charge is -2.17. The first kappa shape index (κ1) is 15.7. The molecule has 1 N–H and O–H groups in total. The number of halogens is 1. The van der Waals surface area contributed by atoms with Crippen LogP contribution in [0.15, 0.2) is 54.6 Å². The molecule has 0 heterocycles. The van der Waals surface area contributed by atoms with Crippen LogP contribution in [0.1, 0.15) is 24.5 Å². The lowest BCUT2D eigenvalue weighted by molar-refractivity contribution is 0.0150. The summed E-state index contributed by atoms with van der Waals surface area (Å²) in [5.41, 5.74) is 2.05. The average molecular weight is 288 g/mol. The molecular formula is C18H21FO2. The van der Waals surface area contributed by atoms with Crippen LogP contribution in [0.3, 0.4) is 0 Å². The van der Waals surface area contributed by atoms with Crippen molar-refractivity contribution in [2.45, 2.75) is 38.6 Å². The number of hydrogen-bond donors (Lipinski definition) is 1. The third-order valence-corrected chi connectivity index (χ3v) is 3.37. The van der Waals surface area contributed by atoms with Crippen molar-refractivity contribution in [3.8, 4) is 0 Å². The molecule has 2 atom stereocenters. The van der Waals surface area contributed by atoms with Crippen molar-refractivity contribution >= 4 is 0 Å². The Kier molecular flexibility index (Phi) is 5.90. The van der Waals surface area contributed by atoms with Gasteiger partial charge < -0.3 is 9.84 Å². The van der Waals surface area contributed by atoms with Gasteiger partial charge >= 0.3 is 0 Å². The van der Waals surface area contributed by atoms with E-state index in [1.54, 1.807) is 12.1 Å². The molecule has 0 bridgehead atoms. The Morgan fingerprint density at radius 1 is 1.00 bits per heavy atom. The minimum Gasteiger partial charge on any atom is -0.393 e. The summed E-state index contributed by atoms with van der Waals surface area (Å²) < 4.78 is 18.5. The van der Waals surface area contributed by atoms with E-state index in [2.05, 4.69) is 0 Å². The molecule has 2 rings (SSSR count). The van der Waals surface area contributed by atoms with Gasteiger partial charge in [0.05, 0.1) is 18.8 Å². The normalized spacial score (nSPS) is 13.9. The van der Waals surface area contributed by atoms with E-state index in [4.69, 9.17) is 4.74 Å². The number of aliphatic hydroxyl groups excluding tert-OH is 1. The number of hydrogen-bond acceptors (Lipinski definition) is 2. The molecule has 0 radical (unpaired) electrons. The molecule has 0 aromatic heterocycles. The monoisotopic (exact) mass is 288 g/mol. The first-order valence-corrected chi connectivity index (χ1v) is 7.21. The van der Waals surface area contributed by atoms with Crippen LogP contribution in [0.25, 0.3) is 0 Å². The second-order valence-electron chi connectivity index (χ2n) is 5.33. The summed E-state index contributed by atoms with van der Waals surface area (Å²) in [5.74, 6) is -0.257. The van der Waals surface area contributed by atoms with Gasteiger partial charge in [-0.25, -0.2) is 4.39 Å². The van der Waals surface area contributed by atoms with Crippen LogP contribution in [-0.2, 0) is 17.8 Å². The Morgan fingerprint density at radius 2 is 1.67 bits per heavy atom. The SMILES string of the molecule is CC(CC(O)Cc1ccc(F)cc1)OCc1ccccc1. The van der Waals surface area contributed by atoms with E-state index in [1.165, 1.54) is 12.1 Å². The molecule has 0 fully saturated rings. The second kappa shape index (κ2) is 7.91. The van der Waals surface area contributed by atoms with Crippen LogP contribution in [0.2, 0.25) is 0 Å². The summed E-state index contributed by atoms with van der Waals surface area (Å²) in [6.07, 6.45) is 0.561. The third kappa shape index (κ3) is 5.66. The van der Waals surface area contributed by atoms with Gasteiger partial charge in [0.25, 0.3) is 0 Å². The number of ether oxygens (including phenoxy) is 1. The Bertz CT molecular complexity index is 525. The summed E-state index contributed by atoms with van der Waals surface area (Å²) in [6, 6.07) is 16.2. The Labute approximate surface area is 125 Å². The van der Waals surface area contributed by atoms with Gasteiger partial charge in [-0.1, -0.05) is 42.5 Å². The molecule has 2 nitrogen and oxygen atoms in total. The molecule has 0 amide bonds. The zero-order valence-corrected chi connectivity index (χ0v) is 12.2. The largest absolute Gasteiger partial charge is 0.393 e. The fourth-order valence-electron chi connectivity index (χ4n) is 2.24. The first-order chi connectivity index (χ1) is 10.1. The molecule has 3 heteroatoms. The highest BCUT2D eigenvalue weighted by Gasteiger charge is 2.12. The minimum atomic E-state index is -0.485. The van der Waals surface area contributed by atoms with Crippen LogP contribution in [-0.4, -0.2) is 17.3 Å². The van der Waals surface area contributed by atoms with Crippen LogP contribution < -0.4 is 0 Å². The van der Waals surface area contributed by atoms with Crippen molar-refractivity contribution in [2.75, 3.05) is 0 Å². The molecule has 2 aromatic rings. The fraction of sp³-hybridized carbons (Fsp3) is 0.333. The molecule has 112 valence electrons. The van der Waals surface area contributed by atoms with Crippen molar-refractivity contribution in [1.29, 1.82) is 0 Å². The predicted molar refractivity (Wildman–Crippen MR) is 81.4 cm³/mol. The summed E-state index contributed by atoms with van der Waals surface area (Å²) in [4.78, 5) is 0. The maximum atomic E-state index is 12.8. The molecule has 0 saturated carbocycles. The highest BCUT2D eigenvalue weighted by molar-refractivity contribution is 5.17. The summed E-state index contributed by atoms with van der Waals surface area (Å²) in [6.45, 7) is 2.50. The number of rotatable bonds is 7. The molecule has 2 unspecified atom stereocenters. The lowest BCUT2D eigenvalue weighted by atomic mass is 10.0. The quantitative estimate of drug-likeness (QED) is 0.841. The van der Waals surface area contributed by atoms with Crippen LogP contribution >= 0.6 is 0 Å². The van der Waals surface area contributed by atoms with E-state index < -0.39 is 6.10 Å². The second-order valence-corrected chi connectivity index (χ2v) is 5.33. The zero-order chi connectivity index (χ0) is 15.1. The fourth-order valence-corrected chi connectivity index (χ4v) is 2.24. The maximum Gasteiger partial charge on any atom is 0.123 e. The smallest absolute Gasteiger partial charge is 0.123 e. The van der Waals surface area contributed by atoms with E-state index in [9.17, 15) is 9.50 Å². The molecule has 0 aliphatic rings. The van der Waals surface area contributed by atoms with Crippen LogP contribution in [0, 0.1) is 5.82 Å². The molecule has 2 aromatic carbocycles. The Morgan fingerprint density at radius 3 is 2.33 bits per heavy atom. The number of aliphatic hydroxyl groups is 1. The summed E-state index contributed by atoms with van der Waals surface area (Å²) >= 11 is 0. The van der Waals surface area contributed by atoms with Gasteiger partial charge in [0.1, 0.15) is 5.82 Å². The molecule has 0 saturated heterocycles. The van der Waals surface area contributed by atoms with E-state index in [0.29, 0.717) is 19.4 Å². The van der Waals surface area contributed by atoms with Gasteiger partial charge in [0.2, 0.25) is 0 Å². The van der Waals surface area contributed by atoms with Gasteiger partial charge in [0.15, 0.2) is 0 Å². The van der Waals surface area contributed by atoms with E-state index in [1.807, 2.05) is 37.3 Å². The standard InChI is InChI=1S/C18H21FO2/c1-14(21-13-16-5-3-2-4-6-16)11-18(20)12-15-7-9-17(19)10-8-15/h2-10,14,18,20H,11-13H2,1H3. The molecule has 0 spiro atoms. The maximum absolute atomic E-state index is 12.8. The first-order valence-electron chi connectivity index (χ1n) is 7.21. The highest BCUT2D eigenvalue weighted by Crippen LogP contribution is 2.12. The van der Waals surface area contributed by atoms with Crippen LogP contribution in [0.4, 0.5) is 4.39 Å². The summed E-state index contributed by atoms with van der Waals surface area (Å²) in [7, 11) is 0. The molecule has 0 aliphatic heterocycles. The topological polar surface area (TPSA) is 29.5 Å². The lowest BCUT2D eigenvalue weighted by Crippen LogP contribution is -2.20. The predicted octanol–water partition coefficient (Wildman–Crippen LogP) is 3.72.